The van der Waals surface area contributed by atoms with E-state index in [-0.39, 0.29) is 0 Å². The number of aryl methyl sites for hydroxylation is 1. The number of aromatic nitrogens is 1. The van der Waals surface area contributed by atoms with Crippen LogP contribution in [-0.2, 0) is 13.0 Å². The summed E-state index contributed by atoms with van der Waals surface area (Å²) in [6, 6.07) is 4.71. The van der Waals surface area contributed by atoms with Crippen molar-refractivity contribution in [1.29, 1.82) is 0 Å². The molecule has 0 aliphatic heterocycles. The number of pyridine rings is 1. The number of ether oxygens (including phenoxy) is 1. The predicted octanol–water partition coefficient (Wildman–Crippen LogP) is 3.96. The van der Waals surface area contributed by atoms with E-state index in [2.05, 4.69) is 57.1 Å². The summed E-state index contributed by atoms with van der Waals surface area (Å²) in [6.07, 6.45) is 3.24. The summed E-state index contributed by atoms with van der Waals surface area (Å²) < 4.78 is 5.81. The molecule has 3 nitrogen and oxygen atoms in total. The Morgan fingerprint density at radius 2 is 1.95 bits per heavy atom. The van der Waals surface area contributed by atoms with Gasteiger partial charge in [-0.1, -0.05) is 34.6 Å². The number of rotatable bonds is 9. The van der Waals surface area contributed by atoms with Crippen molar-refractivity contribution in [3.8, 4) is 5.88 Å². The van der Waals surface area contributed by atoms with E-state index in [1.165, 1.54) is 12.0 Å². The number of nitrogens with zero attached hydrogens (tertiary/aromatic N) is 1. The highest BCUT2D eigenvalue weighted by Gasteiger charge is 2.04. The van der Waals surface area contributed by atoms with Gasteiger partial charge in [-0.3, -0.25) is 0 Å². The van der Waals surface area contributed by atoms with Crippen molar-refractivity contribution in [3.05, 3.63) is 23.4 Å². The second-order valence-electron chi connectivity index (χ2n) is 6.08. The first kappa shape index (κ1) is 17.0. The lowest BCUT2D eigenvalue weighted by Gasteiger charge is -2.12. The van der Waals surface area contributed by atoms with Gasteiger partial charge >= 0.3 is 0 Å². The zero-order valence-electron chi connectivity index (χ0n) is 13.7. The molecule has 0 saturated heterocycles. The summed E-state index contributed by atoms with van der Waals surface area (Å²) in [4.78, 5) is 4.55. The smallest absolute Gasteiger partial charge is 0.213 e. The lowest BCUT2D eigenvalue weighted by atomic mass is 10.1. The Kier molecular flexibility index (Phi) is 7.60. The van der Waals surface area contributed by atoms with Crippen LogP contribution in [0.4, 0.5) is 0 Å². The van der Waals surface area contributed by atoms with Crippen LogP contribution in [0.2, 0.25) is 0 Å². The average Bonchev–Trinajstić information content (AvgIpc) is 2.41. The van der Waals surface area contributed by atoms with Gasteiger partial charge in [-0.15, -0.1) is 0 Å². The molecular weight excluding hydrogens is 248 g/mol. The molecule has 0 aliphatic rings. The zero-order valence-corrected chi connectivity index (χ0v) is 13.7. The SMILES string of the molecule is CCc1cc(CNC(C)C)cc(OCCCC(C)C)n1. The third-order valence-electron chi connectivity index (χ3n) is 3.17. The van der Waals surface area contributed by atoms with Crippen LogP contribution < -0.4 is 10.1 Å². The number of nitrogens with one attached hydrogen (secondary N) is 1. The Morgan fingerprint density at radius 1 is 1.20 bits per heavy atom. The van der Waals surface area contributed by atoms with Crippen molar-refractivity contribution < 1.29 is 4.74 Å². The molecule has 0 aromatic carbocycles. The molecule has 20 heavy (non-hydrogen) atoms. The number of hydrogen-bond donors (Lipinski definition) is 1. The Hall–Kier alpha value is -1.09. The predicted molar refractivity (Wildman–Crippen MR) is 85.2 cm³/mol. The van der Waals surface area contributed by atoms with Crippen LogP contribution in [0.15, 0.2) is 12.1 Å². The highest BCUT2D eigenvalue weighted by Crippen LogP contribution is 2.14. The molecule has 1 aromatic rings. The van der Waals surface area contributed by atoms with Crippen LogP contribution in [0.3, 0.4) is 0 Å². The van der Waals surface area contributed by atoms with Crippen molar-refractivity contribution in [2.75, 3.05) is 6.61 Å². The Labute approximate surface area is 124 Å². The van der Waals surface area contributed by atoms with Gasteiger partial charge in [0.25, 0.3) is 0 Å². The lowest BCUT2D eigenvalue weighted by molar-refractivity contribution is 0.286. The summed E-state index contributed by atoms with van der Waals surface area (Å²) >= 11 is 0. The highest BCUT2D eigenvalue weighted by molar-refractivity contribution is 5.25. The van der Waals surface area contributed by atoms with Crippen LogP contribution in [0.1, 0.15) is 58.7 Å². The molecule has 3 heteroatoms. The first-order valence-electron chi connectivity index (χ1n) is 7.87. The van der Waals surface area contributed by atoms with E-state index in [4.69, 9.17) is 4.74 Å². The molecule has 0 amide bonds. The highest BCUT2D eigenvalue weighted by atomic mass is 16.5. The summed E-state index contributed by atoms with van der Waals surface area (Å²) in [7, 11) is 0. The van der Waals surface area contributed by atoms with Gasteiger partial charge < -0.3 is 10.1 Å². The quantitative estimate of drug-likeness (QED) is 0.694. The van der Waals surface area contributed by atoms with Gasteiger partial charge in [-0.2, -0.15) is 0 Å². The van der Waals surface area contributed by atoms with E-state index < -0.39 is 0 Å². The molecule has 0 saturated carbocycles. The molecule has 0 radical (unpaired) electrons. The molecule has 0 spiro atoms. The maximum Gasteiger partial charge on any atom is 0.213 e. The van der Waals surface area contributed by atoms with Crippen LogP contribution in [0.5, 0.6) is 5.88 Å². The van der Waals surface area contributed by atoms with Crippen molar-refractivity contribution in [2.45, 2.75) is 66.5 Å². The summed E-state index contributed by atoms with van der Waals surface area (Å²) in [5.41, 5.74) is 2.36. The van der Waals surface area contributed by atoms with Gasteiger partial charge in [-0.25, -0.2) is 4.98 Å². The van der Waals surface area contributed by atoms with E-state index in [0.29, 0.717) is 6.04 Å². The van der Waals surface area contributed by atoms with Gasteiger partial charge in [0.1, 0.15) is 0 Å². The monoisotopic (exact) mass is 278 g/mol. The van der Waals surface area contributed by atoms with Crippen LogP contribution in [0, 0.1) is 5.92 Å². The van der Waals surface area contributed by atoms with Crippen molar-refractivity contribution in [1.82, 2.24) is 10.3 Å². The fourth-order valence-electron chi connectivity index (χ4n) is 1.97. The third kappa shape index (κ3) is 6.90. The molecular formula is C17H30N2O. The molecule has 0 atom stereocenters. The van der Waals surface area contributed by atoms with Gasteiger partial charge in [-0.05, 0) is 36.8 Å². The van der Waals surface area contributed by atoms with Gasteiger partial charge in [0.2, 0.25) is 5.88 Å². The topological polar surface area (TPSA) is 34.1 Å². The molecule has 1 heterocycles. The Morgan fingerprint density at radius 3 is 2.55 bits per heavy atom. The average molecular weight is 278 g/mol. The normalized spacial score (nSPS) is 11.3. The molecule has 1 aromatic heterocycles. The molecule has 0 bridgehead atoms. The van der Waals surface area contributed by atoms with Crippen LogP contribution >= 0.6 is 0 Å². The fourth-order valence-corrected chi connectivity index (χ4v) is 1.97. The van der Waals surface area contributed by atoms with Crippen molar-refractivity contribution in [2.24, 2.45) is 5.92 Å². The molecule has 1 rings (SSSR count). The van der Waals surface area contributed by atoms with Crippen LogP contribution in [0.25, 0.3) is 0 Å². The standard InChI is InChI=1S/C17H30N2O/c1-6-16-10-15(12-18-14(4)5)11-17(19-16)20-9-7-8-13(2)3/h10-11,13-14,18H,6-9,12H2,1-5H3. The lowest BCUT2D eigenvalue weighted by Crippen LogP contribution is -2.22. The minimum atomic E-state index is 0.489. The molecule has 0 aliphatic carbocycles. The third-order valence-corrected chi connectivity index (χ3v) is 3.17. The second kappa shape index (κ2) is 8.96. The summed E-state index contributed by atoms with van der Waals surface area (Å²) in [5, 5.41) is 3.44. The zero-order chi connectivity index (χ0) is 15.0. The van der Waals surface area contributed by atoms with E-state index >= 15 is 0 Å². The van der Waals surface area contributed by atoms with Crippen molar-refractivity contribution in [3.63, 3.8) is 0 Å². The fraction of sp³-hybridized carbons (Fsp3) is 0.706. The number of hydrogen-bond acceptors (Lipinski definition) is 3. The van der Waals surface area contributed by atoms with Gasteiger partial charge in [0.15, 0.2) is 0 Å². The first-order chi connectivity index (χ1) is 9.51. The largest absolute Gasteiger partial charge is 0.478 e. The van der Waals surface area contributed by atoms with Gasteiger partial charge in [0.05, 0.1) is 6.61 Å². The maximum absolute atomic E-state index is 5.81. The van der Waals surface area contributed by atoms with Crippen LogP contribution in [-0.4, -0.2) is 17.6 Å². The van der Waals surface area contributed by atoms with Crippen molar-refractivity contribution >= 4 is 0 Å². The second-order valence-corrected chi connectivity index (χ2v) is 6.08. The van der Waals surface area contributed by atoms with E-state index in [0.717, 1.165) is 43.5 Å². The van der Waals surface area contributed by atoms with E-state index in [1.807, 2.05) is 0 Å². The van der Waals surface area contributed by atoms with Gasteiger partial charge in [0, 0.05) is 24.3 Å². The minimum Gasteiger partial charge on any atom is -0.478 e. The summed E-state index contributed by atoms with van der Waals surface area (Å²) in [5.74, 6) is 1.51. The Balaban J connectivity index is 2.57. The molecule has 1 N–H and O–H groups in total. The Bertz CT molecular complexity index is 389. The molecule has 0 fully saturated rings. The van der Waals surface area contributed by atoms with E-state index in [9.17, 15) is 0 Å². The van der Waals surface area contributed by atoms with E-state index in [1.54, 1.807) is 0 Å². The minimum absolute atomic E-state index is 0.489. The first-order valence-corrected chi connectivity index (χ1v) is 7.87. The summed E-state index contributed by atoms with van der Waals surface area (Å²) in [6.45, 7) is 12.6. The molecule has 114 valence electrons. The maximum atomic E-state index is 5.81. The molecule has 0 unspecified atom stereocenters.